The van der Waals surface area contributed by atoms with E-state index in [1.165, 1.54) is 0 Å². The Morgan fingerprint density at radius 1 is 0.658 bits per heavy atom. The number of amides is 2. The molecule has 0 aliphatic carbocycles. The number of hydrogen-bond acceptors (Lipinski definition) is 13. The van der Waals surface area contributed by atoms with Gasteiger partial charge < -0.3 is 36.0 Å². The average Bonchev–Trinajstić information content (AvgIpc) is 4.26. The van der Waals surface area contributed by atoms with E-state index in [0.717, 1.165) is 104 Å². The highest BCUT2D eigenvalue weighted by atomic mass is 32.1. The number of H-pyrrole nitrogens is 4. The number of nitrogens with zero attached hydrogens (tertiary/aromatic N) is 6. The van der Waals surface area contributed by atoms with Gasteiger partial charge in [-0.05, 0) is 90.5 Å². The monoisotopic (exact) mass is 998 g/mol. The third kappa shape index (κ3) is 8.49. The zero-order valence-corrected chi connectivity index (χ0v) is 40.5. The van der Waals surface area contributed by atoms with E-state index in [1.54, 1.807) is 28.9 Å². The number of fused-ring (bicyclic) bond motifs is 4. The van der Waals surface area contributed by atoms with Gasteiger partial charge in [0.2, 0.25) is 0 Å². The maximum atomic E-state index is 13.2. The van der Waals surface area contributed by atoms with Gasteiger partial charge in [-0.15, -0.1) is 22.7 Å². The largest absolute Gasteiger partial charge is 0.379 e. The molecular weight excluding hydrogens is 957 g/mol. The lowest BCUT2D eigenvalue weighted by molar-refractivity contribution is 0.0923. The minimum atomic E-state index is -0.170. The van der Waals surface area contributed by atoms with Crippen LogP contribution in [0.1, 0.15) is 34.3 Å². The number of aromatic amines is 4. The highest BCUT2D eigenvalue weighted by Gasteiger charge is 2.22. The van der Waals surface area contributed by atoms with Crippen molar-refractivity contribution in [3.8, 4) is 55.5 Å². The second-order valence-corrected chi connectivity index (χ2v) is 19.6. The molecule has 73 heavy (non-hydrogen) atoms. The molecule has 0 saturated carbocycles. The van der Waals surface area contributed by atoms with Crippen molar-refractivity contribution in [3.05, 3.63) is 145 Å². The molecule has 17 nitrogen and oxygen atoms in total. The Balaban J connectivity index is 0.906. The quantitative estimate of drug-likeness (QED) is 0.0541. The molecule has 1 unspecified atom stereocenters. The van der Waals surface area contributed by atoms with E-state index < -0.39 is 0 Å². The number of ether oxygens (including phenoxy) is 1. The summed E-state index contributed by atoms with van der Waals surface area (Å²) in [5, 5.41) is 31.4. The predicted octanol–water partition coefficient (Wildman–Crippen LogP) is 11.2. The molecule has 13 rings (SSSR count). The van der Waals surface area contributed by atoms with Crippen LogP contribution in [0.3, 0.4) is 0 Å². The molecule has 8 aromatic heterocycles. The molecule has 1 atom stereocenters. The molecule has 358 valence electrons. The summed E-state index contributed by atoms with van der Waals surface area (Å²) in [6.45, 7) is 3.58. The number of carbonyl (C=O) groups is 2. The van der Waals surface area contributed by atoms with E-state index in [0.29, 0.717) is 54.4 Å². The number of benzene rings is 4. The maximum Gasteiger partial charge on any atom is 0.268 e. The SMILES string of the molecule is CCNC(=O)c1cc2ccc(-c3nc(Nc4ccc(-c5cn[nH]c5)cc4-c4cc5nc(-c6ccc7cc(C(=O)NC8CCOC8)[nH]c7c6)nc(Nc6ccc(-c7cn[nH]c7)cc6)c5s4)c4sccc4n3)cc2[nH]1. The highest BCUT2D eigenvalue weighted by Crippen LogP contribution is 2.44. The lowest BCUT2D eigenvalue weighted by Crippen LogP contribution is -2.35. The topological polar surface area (TPSA) is 232 Å². The lowest BCUT2D eigenvalue weighted by atomic mass is 10.0. The van der Waals surface area contributed by atoms with Crippen molar-refractivity contribution in [3.63, 3.8) is 0 Å². The van der Waals surface area contributed by atoms with Crippen LogP contribution < -0.4 is 21.3 Å². The molecule has 19 heteroatoms. The Kier molecular flexibility index (Phi) is 11.0. The molecular formula is C54H42N14O3S2. The number of nitrogens with one attached hydrogen (secondary N) is 8. The van der Waals surface area contributed by atoms with Crippen LogP contribution in [0.2, 0.25) is 0 Å². The summed E-state index contributed by atoms with van der Waals surface area (Å²) in [6, 6.07) is 34.1. The third-order valence-corrected chi connectivity index (χ3v) is 15.0. The van der Waals surface area contributed by atoms with Crippen molar-refractivity contribution in [2.24, 2.45) is 0 Å². The van der Waals surface area contributed by atoms with E-state index in [9.17, 15) is 9.59 Å². The van der Waals surface area contributed by atoms with E-state index in [1.807, 2.05) is 110 Å². The summed E-state index contributed by atoms with van der Waals surface area (Å²) >= 11 is 3.15. The fourth-order valence-corrected chi connectivity index (χ4v) is 11.0. The molecule has 2 amide bonds. The predicted molar refractivity (Wildman–Crippen MR) is 288 cm³/mol. The first-order chi connectivity index (χ1) is 35.8. The van der Waals surface area contributed by atoms with E-state index >= 15 is 0 Å². The van der Waals surface area contributed by atoms with Gasteiger partial charge in [-0.25, -0.2) is 19.9 Å². The number of carbonyl (C=O) groups excluding carboxylic acids is 2. The van der Waals surface area contributed by atoms with Crippen molar-refractivity contribution < 1.29 is 14.3 Å². The molecule has 1 fully saturated rings. The summed E-state index contributed by atoms with van der Waals surface area (Å²) in [5.74, 6) is 2.01. The second kappa shape index (κ2) is 18.3. The molecule has 1 aliphatic heterocycles. The Bertz CT molecular complexity index is 4040. The number of anilines is 4. The smallest absolute Gasteiger partial charge is 0.268 e. The van der Waals surface area contributed by atoms with Gasteiger partial charge in [-0.3, -0.25) is 19.8 Å². The van der Waals surface area contributed by atoms with Crippen LogP contribution in [0.25, 0.3) is 97.7 Å². The molecule has 8 N–H and O–H groups in total. The van der Waals surface area contributed by atoms with Crippen molar-refractivity contribution in [2.75, 3.05) is 30.4 Å². The third-order valence-electron chi connectivity index (χ3n) is 12.9. The summed E-state index contributed by atoms with van der Waals surface area (Å²) < 4.78 is 7.23. The maximum absolute atomic E-state index is 13.2. The van der Waals surface area contributed by atoms with Gasteiger partial charge in [-0.1, -0.05) is 42.5 Å². The Morgan fingerprint density at radius 3 is 1.99 bits per heavy atom. The Labute approximate surface area is 422 Å². The van der Waals surface area contributed by atoms with Gasteiger partial charge in [0.1, 0.15) is 11.4 Å². The second-order valence-electron chi connectivity index (χ2n) is 17.7. The molecule has 0 spiro atoms. The fraction of sp³-hybridized carbons (Fsp3) is 0.111. The van der Waals surface area contributed by atoms with Gasteiger partial charge in [-0.2, -0.15) is 10.2 Å². The number of aromatic nitrogens is 10. The average molecular weight is 999 g/mol. The van der Waals surface area contributed by atoms with Crippen LogP contribution in [0.5, 0.6) is 0 Å². The van der Waals surface area contributed by atoms with Crippen LogP contribution in [0, 0.1) is 0 Å². The lowest BCUT2D eigenvalue weighted by Gasteiger charge is -2.14. The standard InChI is InChI=1S/C54H42N14O3S2/c1-2-55-53(69)44-18-30-3-5-32(20-41(30)62-44)49-65-40-14-16-72-47(40)51(67-49)64-39-12-9-29(35-25-58-59-26-35)17-38(39)46-22-43-48(73-46)52(60-36-10-7-28(8-11-36)34-23-56-57-24-34)68-50(66-43)33-6-4-31-19-45(63-42(31)21-33)54(70)61-37-13-15-71-27-37/h3-12,14,16-26,37,62-63H,2,13,15,27H2,1H3,(H,55,69)(H,56,57)(H,58,59)(H,61,70)(H,60,66,68)(H,64,65,67). The van der Waals surface area contributed by atoms with Crippen LogP contribution in [0.15, 0.2) is 133 Å². The van der Waals surface area contributed by atoms with E-state index in [-0.39, 0.29) is 17.9 Å². The van der Waals surface area contributed by atoms with Crippen LogP contribution in [-0.4, -0.2) is 87.9 Å². The zero-order valence-electron chi connectivity index (χ0n) is 38.8. The number of hydrogen-bond donors (Lipinski definition) is 8. The summed E-state index contributed by atoms with van der Waals surface area (Å²) in [7, 11) is 0. The number of rotatable bonds is 13. The van der Waals surface area contributed by atoms with E-state index in [4.69, 9.17) is 24.7 Å². The van der Waals surface area contributed by atoms with Crippen LogP contribution in [-0.2, 0) is 4.74 Å². The minimum Gasteiger partial charge on any atom is -0.379 e. The van der Waals surface area contributed by atoms with Gasteiger partial charge >= 0.3 is 0 Å². The Morgan fingerprint density at radius 2 is 1.32 bits per heavy atom. The van der Waals surface area contributed by atoms with Crippen LogP contribution >= 0.6 is 22.7 Å². The van der Waals surface area contributed by atoms with E-state index in [2.05, 4.69) is 75.9 Å². The van der Waals surface area contributed by atoms with Gasteiger partial charge in [0.25, 0.3) is 11.8 Å². The van der Waals surface area contributed by atoms with Crippen molar-refractivity contribution in [2.45, 2.75) is 19.4 Å². The van der Waals surface area contributed by atoms with Gasteiger partial charge in [0.05, 0.1) is 45.5 Å². The minimum absolute atomic E-state index is 0.0100. The van der Waals surface area contributed by atoms with Gasteiger partial charge in [0.15, 0.2) is 23.3 Å². The summed E-state index contributed by atoms with van der Waals surface area (Å²) in [6.07, 6.45) is 8.13. The first-order valence-corrected chi connectivity index (χ1v) is 25.3. The van der Waals surface area contributed by atoms with Crippen LogP contribution in [0.4, 0.5) is 23.0 Å². The molecule has 9 heterocycles. The molecule has 0 bridgehead atoms. The molecule has 1 aliphatic rings. The molecule has 4 aromatic carbocycles. The molecule has 0 radical (unpaired) electrons. The normalized spacial score (nSPS) is 13.6. The number of thiophene rings is 2. The zero-order chi connectivity index (χ0) is 49.0. The summed E-state index contributed by atoms with van der Waals surface area (Å²) in [4.78, 5) is 54.1. The first kappa shape index (κ1) is 43.9. The first-order valence-electron chi connectivity index (χ1n) is 23.6. The van der Waals surface area contributed by atoms with Crippen molar-refractivity contribution >= 4 is 99.7 Å². The molecule has 1 saturated heterocycles. The fourth-order valence-electron chi connectivity index (χ4n) is 9.16. The van der Waals surface area contributed by atoms with Gasteiger partial charge in [0, 0.05) is 91.4 Å². The van der Waals surface area contributed by atoms with Crippen molar-refractivity contribution in [1.29, 1.82) is 0 Å². The summed E-state index contributed by atoms with van der Waals surface area (Å²) in [5.41, 5.74) is 12.2. The Hall–Kier alpha value is -9.04. The highest BCUT2D eigenvalue weighted by molar-refractivity contribution is 7.22. The molecule has 12 aromatic rings. The van der Waals surface area contributed by atoms with Crippen molar-refractivity contribution in [1.82, 2.24) is 60.9 Å².